The number of ether oxygens (including phenoxy) is 1. The van der Waals surface area contributed by atoms with E-state index in [2.05, 4.69) is 60.4 Å². The fraction of sp³-hybridized carbons (Fsp3) is 0.294. The first-order chi connectivity index (χ1) is 9.38. The second-order valence-electron chi connectivity index (χ2n) is 4.93. The molecule has 1 atom stereocenters. The first kappa shape index (κ1) is 12.1. The molecule has 2 aromatic rings. The minimum atomic E-state index is 0.141. The van der Waals surface area contributed by atoms with Gasteiger partial charge in [0.1, 0.15) is 5.75 Å². The Kier molecular flexibility index (Phi) is 3.41. The van der Waals surface area contributed by atoms with Gasteiger partial charge in [-0.05, 0) is 18.2 Å². The van der Waals surface area contributed by atoms with Crippen LogP contribution in [0, 0.1) is 0 Å². The molecule has 1 unspecified atom stereocenters. The number of anilines is 1. The van der Waals surface area contributed by atoms with Crippen molar-refractivity contribution in [3.05, 3.63) is 60.2 Å². The largest absolute Gasteiger partial charge is 0.470 e. The van der Waals surface area contributed by atoms with Crippen LogP contribution in [0.25, 0.3) is 0 Å². The molecule has 0 amide bonds. The molecule has 0 spiro atoms. The maximum Gasteiger partial charge on any atom is 0.172 e. The summed E-state index contributed by atoms with van der Waals surface area (Å²) in [7, 11) is 0. The second-order valence-corrected chi connectivity index (χ2v) is 4.93. The molecule has 1 aliphatic heterocycles. The lowest BCUT2D eigenvalue weighted by Crippen LogP contribution is -2.42. The predicted octanol–water partition coefficient (Wildman–Crippen LogP) is 4.21. The summed E-state index contributed by atoms with van der Waals surface area (Å²) in [4.78, 5) is 2.35. The van der Waals surface area contributed by atoms with E-state index >= 15 is 0 Å². The van der Waals surface area contributed by atoms with Crippen molar-refractivity contribution >= 4 is 5.69 Å². The zero-order valence-electron chi connectivity index (χ0n) is 11.3. The summed E-state index contributed by atoms with van der Waals surface area (Å²) in [5, 5.41) is 0. The van der Waals surface area contributed by atoms with E-state index in [4.69, 9.17) is 4.74 Å². The summed E-state index contributed by atoms with van der Waals surface area (Å²) in [6.45, 7) is 3.12. The third-order valence-electron chi connectivity index (χ3n) is 3.55. The number of hydrogen-bond donors (Lipinski definition) is 0. The van der Waals surface area contributed by atoms with Gasteiger partial charge in [-0.3, -0.25) is 0 Å². The van der Waals surface area contributed by atoms with Crippen LogP contribution in [0.15, 0.2) is 54.6 Å². The Labute approximate surface area is 114 Å². The molecule has 2 heteroatoms. The topological polar surface area (TPSA) is 12.5 Å². The van der Waals surface area contributed by atoms with E-state index in [-0.39, 0.29) is 6.23 Å². The highest BCUT2D eigenvalue weighted by Crippen LogP contribution is 2.32. The smallest absolute Gasteiger partial charge is 0.172 e. The zero-order valence-corrected chi connectivity index (χ0v) is 11.3. The molecule has 0 saturated carbocycles. The Morgan fingerprint density at radius 2 is 1.79 bits per heavy atom. The van der Waals surface area contributed by atoms with Gasteiger partial charge < -0.3 is 9.64 Å². The monoisotopic (exact) mass is 253 g/mol. The minimum Gasteiger partial charge on any atom is -0.470 e. The van der Waals surface area contributed by atoms with Gasteiger partial charge in [-0.15, -0.1) is 0 Å². The van der Waals surface area contributed by atoms with Gasteiger partial charge in [-0.25, -0.2) is 0 Å². The average molecular weight is 253 g/mol. The van der Waals surface area contributed by atoms with Crippen molar-refractivity contribution in [1.82, 2.24) is 0 Å². The fourth-order valence-corrected chi connectivity index (χ4v) is 2.58. The zero-order chi connectivity index (χ0) is 13.1. The summed E-state index contributed by atoms with van der Waals surface area (Å²) < 4.78 is 6.17. The second kappa shape index (κ2) is 5.35. The van der Waals surface area contributed by atoms with Gasteiger partial charge in [-0.2, -0.15) is 0 Å². The summed E-state index contributed by atoms with van der Waals surface area (Å²) in [5.74, 6) is 1.04. The van der Waals surface area contributed by atoms with E-state index in [1.165, 1.54) is 11.3 Å². The van der Waals surface area contributed by atoms with Crippen LogP contribution in [0.2, 0.25) is 0 Å². The van der Waals surface area contributed by atoms with E-state index in [1.807, 2.05) is 6.07 Å². The molecule has 1 aliphatic rings. The maximum atomic E-state index is 6.17. The molecule has 2 aromatic carbocycles. The van der Waals surface area contributed by atoms with Gasteiger partial charge in [0.05, 0.1) is 6.54 Å². The standard InChI is InChI=1S/C17H19NO/c1-2-8-17-18(15-10-4-3-5-11-15)13-14-9-6-7-12-16(14)19-17/h3-7,9-12,17H,2,8,13H2,1H3. The van der Waals surface area contributed by atoms with E-state index in [9.17, 15) is 0 Å². The molecule has 1 heterocycles. The SMILES string of the molecule is CCCC1Oc2ccccc2CN1c1ccccc1. The van der Waals surface area contributed by atoms with Gasteiger partial charge >= 0.3 is 0 Å². The van der Waals surface area contributed by atoms with Crippen molar-refractivity contribution in [2.45, 2.75) is 32.5 Å². The highest BCUT2D eigenvalue weighted by atomic mass is 16.5. The van der Waals surface area contributed by atoms with Crippen LogP contribution in [-0.4, -0.2) is 6.23 Å². The Morgan fingerprint density at radius 3 is 2.58 bits per heavy atom. The number of benzene rings is 2. The molecule has 19 heavy (non-hydrogen) atoms. The Bertz CT molecular complexity index is 538. The van der Waals surface area contributed by atoms with Crippen molar-refractivity contribution in [1.29, 1.82) is 0 Å². The van der Waals surface area contributed by atoms with Crippen LogP contribution >= 0.6 is 0 Å². The van der Waals surface area contributed by atoms with Gasteiger partial charge in [-0.1, -0.05) is 49.7 Å². The summed E-state index contributed by atoms with van der Waals surface area (Å²) in [6, 6.07) is 18.9. The molecule has 0 saturated heterocycles. The number of nitrogens with zero attached hydrogens (tertiary/aromatic N) is 1. The molecule has 3 rings (SSSR count). The summed E-state index contributed by atoms with van der Waals surface area (Å²) in [5.41, 5.74) is 2.49. The summed E-state index contributed by atoms with van der Waals surface area (Å²) >= 11 is 0. The summed E-state index contributed by atoms with van der Waals surface area (Å²) in [6.07, 6.45) is 2.31. The van der Waals surface area contributed by atoms with E-state index < -0.39 is 0 Å². The molecular formula is C17H19NO. The quantitative estimate of drug-likeness (QED) is 0.812. The van der Waals surface area contributed by atoms with Gasteiger partial charge in [0.25, 0.3) is 0 Å². The van der Waals surface area contributed by atoms with Crippen LogP contribution in [0.3, 0.4) is 0 Å². The van der Waals surface area contributed by atoms with Crippen LogP contribution in [0.5, 0.6) is 5.75 Å². The Balaban J connectivity index is 1.94. The number of rotatable bonds is 3. The van der Waals surface area contributed by atoms with Crippen LogP contribution in [-0.2, 0) is 6.54 Å². The molecule has 0 aliphatic carbocycles. The lowest BCUT2D eigenvalue weighted by Gasteiger charge is -2.38. The lowest BCUT2D eigenvalue weighted by atomic mass is 10.1. The van der Waals surface area contributed by atoms with Crippen LogP contribution in [0.1, 0.15) is 25.3 Å². The highest BCUT2D eigenvalue weighted by Gasteiger charge is 2.26. The highest BCUT2D eigenvalue weighted by molar-refractivity contribution is 5.50. The van der Waals surface area contributed by atoms with E-state index in [1.54, 1.807) is 0 Å². The fourth-order valence-electron chi connectivity index (χ4n) is 2.58. The predicted molar refractivity (Wildman–Crippen MR) is 78.4 cm³/mol. The third-order valence-corrected chi connectivity index (χ3v) is 3.55. The van der Waals surface area contributed by atoms with Gasteiger partial charge in [0, 0.05) is 17.7 Å². The molecule has 0 fully saturated rings. The Hall–Kier alpha value is -1.96. The first-order valence-electron chi connectivity index (χ1n) is 6.94. The van der Waals surface area contributed by atoms with Crippen molar-refractivity contribution in [3.8, 4) is 5.75 Å². The Morgan fingerprint density at radius 1 is 1.05 bits per heavy atom. The van der Waals surface area contributed by atoms with E-state index in [0.29, 0.717) is 0 Å². The van der Waals surface area contributed by atoms with Gasteiger partial charge in [0.2, 0.25) is 0 Å². The maximum absolute atomic E-state index is 6.17. The lowest BCUT2D eigenvalue weighted by molar-refractivity contribution is 0.165. The van der Waals surface area contributed by atoms with Crippen molar-refractivity contribution < 1.29 is 4.74 Å². The minimum absolute atomic E-state index is 0.141. The molecule has 98 valence electrons. The van der Waals surface area contributed by atoms with Crippen molar-refractivity contribution in [3.63, 3.8) is 0 Å². The molecule has 0 bridgehead atoms. The number of para-hydroxylation sites is 2. The molecule has 0 aromatic heterocycles. The molecule has 2 nitrogen and oxygen atoms in total. The van der Waals surface area contributed by atoms with Crippen LogP contribution in [0.4, 0.5) is 5.69 Å². The number of hydrogen-bond acceptors (Lipinski definition) is 2. The third kappa shape index (κ3) is 2.43. The van der Waals surface area contributed by atoms with E-state index in [0.717, 1.165) is 25.1 Å². The van der Waals surface area contributed by atoms with Crippen LogP contribution < -0.4 is 9.64 Å². The molecule has 0 N–H and O–H groups in total. The average Bonchev–Trinajstić information content (AvgIpc) is 2.48. The first-order valence-corrected chi connectivity index (χ1v) is 6.94. The van der Waals surface area contributed by atoms with Gasteiger partial charge in [0.15, 0.2) is 6.23 Å². The van der Waals surface area contributed by atoms with Crippen molar-refractivity contribution in [2.75, 3.05) is 4.90 Å². The van der Waals surface area contributed by atoms with Crippen molar-refractivity contribution in [2.24, 2.45) is 0 Å². The molecular weight excluding hydrogens is 234 g/mol. The normalized spacial score (nSPS) is 17.7. The number of fused-ring (bicyclic) bond motifs is 1. The molecule has 0 radical (unpaired) electrons.